The van der Waals surface area contributed by atoms with Crippen LogP contribution in [0.3, 0.4) is 0 Å². The first-order valence-corrected chi connectivity index (χ1v) is 10.5. The fraction of sp³-hybridized carbons (Fsp3) is 0.435. The lowest BCUT2D eigenvalue weighted by Gasteiger charge is -2.43. The first kappa shape index (κ1) is 19.8. The molecule has 0 aliphatic carbocycles. The molecule has 2 aromatic rings. The molecule has 2 atom stereocenters. The number of benzene rings is 1. The second-order valence-electron chi connectivity index (χ2n) is 9.19. The van der Waals surface area contributed by atoms with Crippen LogP contribution in [0.5, 0.6) is 0 Å². The highest BCUT2D eigenvalue weighted by Gasteiger charge is 2.35. The average Bonchev–Trinajstić information content (AvgIpc) is 2.68. The van der Waals surface area contributed by atoms with Crippen LogP contribution in [0.4, 0.5) is 0 Å². The first-order valence-electron chi connectivity index (χ1n) is 10.1. The Morgan fingerprint density at radius 3 is 2.48 bits per heavy atom. The number of pyridine rings is 1. The van der Waals surface area contributed by atoms with Crippen molar-refractivity contribution in [2.24, 2.45) is 5.92 Å². The summed E-state index contributed by atoms with van der Waals surface area (Å²) in [6.07, 6.45) is 1.06. The van der Waals surface area contributed by atoms with E-state index in [1.807, 2.05) is 41.0 Å². The minimum absolute atomic E-state index is 0.0498. The van der Waals surface area contributed by atoms with E-state index in [2.05, 4.69) is 31.0 Å². The van der Waals surface area contributed by atoms with E-state index in [1.165, 1.54) is 5.56 Å². The number of fused-ring (bicyclic) bond motifs is 4. The maximum Gasteiger partial charge on any atom is 0.257 e. The Morgan fingerprint density at radius 1 is 1.07 bits per heavy atom. The smallest absolute Gasteiger partial charge is 0.257 e. The van der Waals surface area contributed by atoms with Gasteiger partial charge in [0.1, 0.15) is 0 Å². The van der Waals surface area contributed by atoms with Crippen LogP contribution in [0.25, 0.3) is 0 Å². The molecule has 1 amide bonds. The fourth-order valence-electron chi connectivity index (χ4n) is 4.43. The lowest BCUT2D eigenvalue weighted by Crippen LogP contribution is -2.52. The fourth-order valence-corrected chi connectivity index (χ4v) is 4.67. The van der Waals surface area contributed by atoms with Crippen molar-refractivity contribution in [3.63, 3.8) is 0 Å². The SMILES string of the molecule is CC(C)(C)c1ccc(C(=O)NC(=S)N2CC3C[C@H](C2)Cn2c3cccc2=O)cc1. The van der Waals surface area contributed by atoms with E-state index in [0.29, 0.717) is 23.1 Å². The Labute approximate surface area is 176 Å². The third-order valence-electron chi connectivity index (χ3n) is 6.00. The van der Waals surface area contributed by atoms with E-state index in [4.69, 9.17) is 12.2 Å². The number of nitrogens with zero attached hydrogens (tertiary/aromatic N) is 2. The third-order valence-corrected chi connectivity index (χ3v) is 6.36. The molecular weight excluding hydrogens is 382 g/mol. The van der Waals surface area contributed by atoms with Crippen LogP contribution in [-0.4, -0.2) is 33.6 Å². The van der Waals surface area contributed by atoms with Crippen molar-refractivity contribution in [1.82, 2.24) is 14.8 Å². The molecule has 1 saturated heterocycles. The predicted molar refractivity (Wildman–Crippen MR) is 118 cm³/mol. The van der Waals surface area contributed by atoms with Gasteiger partial charge in [-0.3, -0.25) is 14.9 Å². The molecule has 0 radical (unpaired) electrons. The van der Waals surface area contributed by atoms with Gasteiger partial charge in [-0.15, -0.1) is 0 Å². The average molecular weight is 410 g/mol. The molecular formula is C23H27N3O2S. The second-order valence-corrected chi connectivity index (χ2v) is 9.58. The largest absolute Gasteiger partial charge is 0.348 e. The number of nitrogens with one attached hydrogen (secondary N) is 1. The van der Waals surface area contributed by atoms with E-state index < -0.39 is 0 Å². The van der Waals surface area contributed by atoms with Crippen molar-refractivity contribution < 1.29 is 4.79 Å². The summed E-state index contributed by atoms with van der Waals surface area (Å²) in [6, 6.07) is 13.2. The highest BCUT2D eigenvalue weighted by atomic mass is 32.1. The van der Waals surface area contributed by atoms with E-state index >= 15 is 0 Å². The third kappa shape index (κ3) is 3.99. The number of carbonyl (C=O) groups is 1. The number of piperidine rings is 1. The van der Waals surface area contributed by atoms with Crippen LogP contribution in [0.15, 0.2) is 47.3 Å². The zero-order valence-corrected chi connectivity index (χ0v) is 18.0. The molecule has 1 N–H and O–H groups in total. The van der Waals surface area contributed by atoms with Gasteiger partial charge in [0.05, 0.1) is 0 Å². The first-order chi connectivity index (χ1) is 13.7. The summed E-state index contributed by atoms with van der Waals surface area (Å²) in [6.45, 7) is 8.65. The molecule has 0 spiro atoms. The normalized spacial score (nSPS) is 20.7. The molecule has 29 heavy (non-hydrogen) atoms. The van der Waals surface area contributed by atoms with Gasteiger partial charge >= 0.3 is 0 Å². The Balaban J connectivity index is 1.44. The van der Waals surface area contributed by atoms with Crippen molar-refractivity contribution in [2.45, 2.75) is 45.1 Å². The minimum atomic E-state index is -0.178. The Morgan fingerprint density at radius 2 is 1.79 bits per heavy atom. The number of amides is 1. The summed E-state index contributed by atoms with van der Waals surface area (Å²) in [4.78, 5) is 26.9. The summed E-state index contributed by atoms with van der Waals surface area (Å²) in [5, 5.41) is 3.37. The minimum Gasteiger partial charge on any atom is -0.348 e. The van der Waals surface area contributed by atoms with Crippen LogP contribution in [0.1, 0.15) is 54.7 Å². The van der Waals surface area contributed by atoms with Gasteiger partial charge < -0.3 is 9.47 Å². The topological polar surface area (TPSA) is 54.3 Å². The number of aromatic nitrogens is 1. The standard InChI is InChI=1S/C23H27N3O2S/c1-23(2,3)18-9-7-16(8-10-18)21(28)24-22(29)25-12-15-11-17(14-25)19-5-4-6-20(27)26(19)13-15/h4-10,15,17H,11-14H2,1-3H3,(H,24,28,29)/t15-,17?/m1/s1. The Bertz CT molecular complexity index is 1000. The zero-order chi connectivity index (χ0) is 20.8. The molecule has 6 heteroatoms. The van der Waals surface area contributed by atoms with Gasteiger partial charge in [-0.2, -0.15) is 0 Å². The molecule has 2 bridgehead atoms. The molecule has 1 aromatic carbocycles. The number of likely N-dealkylation sites (tertiary alicyclic amines) is 1. The van der Waals surface area contributed by atoms with E-state index in [9.17, 15) is 9.59 Å². The molecule has 1 fully saturated rings. The zero-order valence-electron chi connectivity index (χ0n) is 17.1. The van der Waals surface area contributed by atoms with Crippen molar-refractivity contribution >= 4 is 23.2 Å². The number of carbonyl (C=O) groups excluding carboxylic acids is 1. The maximum atomic E-state index is 12.7. The van der Waals surface area contributed by atoms with Gasteiger partial charge in [-0.25, -0.2) is 0 Å². The molecule has 1 unspecified atom stereocenters. The molecule has 1 aromatic heterocycles. The second kappa shape index (κ2) is 7.41. The number of rotatable bonds is 1. The molecule has 2 aliphatic rings. The van der Waals surface area contributed by atoms with E-state index in [0.717, 1.165) is 25.2 Å². The van der Waals surface area contributed by atoms with E-state index in [-0.39, 0.29) is 22.8 Å². The summed E-state index contributed by atoms with van der Waals surface area (Å²) in [5.41, 5.74) is 2.99. The molecule has 152 valence electrons. The number of thiocarbonyl (C=S) groups is 1. The van der Waals surface area contributed by atoms with Gasteiger partial charge in [0.15, 0.2) is 5.11 Å². The quantitative estimate of drug-likeness (QED) is 0.735. The number of hydrogen-bond acceptors (Lipinski definition) is 3. The molecule has 3 heterocycles. The maximum absolute atomic E-state index is 12.7. The summed E-state index contributed by atoms with van der Waals surface area (Å²) >= 11 is 5.56. The van der Waals surface area contributed by atoms with Gasteiger partial charge in [-0.05, 0) is 53.7 Å². The Hall–Kier alpha value is -2.47. The summed E-state index contributed by atoms with van der Waals surface area (Å²) in [5.74, 6) is 0.447. The molecule has 5 nitrogen and oxygen atoms in total. The summed E-state index contributed by atoms with van der Waals surface area (Å²) in [7, 11) is 0. The van der Waals surface area contributed by atoms with Crippen molar-refractivity contribution in [1.29, 1.82) is 0 Å². The van der Waals surface area contributed by atoms with Gasteiger partial charge in [0.2, 0.25) is 0 Å². The van der Waals surface area contributed by atoms with Gasteiger partial charge in [0.25, 0.3) is 11.5 Å². The molecule has 4 rings (SSSR count). The van der Waals surface area contributed by atoms with Gasteiger partial charge in [-0.1, -0.05) is 39.0 Å². The highest BCUT2D eigenvalue weighted by Crippen LogP contribution is 2.34. The monoisotopic (exact) mass is 409 g/mol. The lowest BCUT2D eigenvalue weighted by atomic mass is 9.83. The molecule has 0 saturated carbocycles. The van der Waals surface area contributed by atoms with Crippen LogP contribution < -0.4 is 10.9 Å². The van der Waals surface area contributed by atoms with Crippen LogP contribution in [0, 0.1) is 5.92 Å². The van der Waals surface area contributed by atoms with Crippen LogP contribution in [-0.2, 0) is 12.0 Å². The predicted octanol–water partition coefficient (Wildman–Crippen LogP) is 3.28. The summed E-state index contributed by atoms with van der Waals surface area (Å²) < 4.78 is 1.90. The van der Waals surface area contributed by atoms with E-state index in [1.54, 1.807) is 6.07 Å². The van der Waals surface area contributed by atoms with Crippen LogP contribution >= 0.6 is 12.2 Å². The van der Waals surface area contributed by atoms with Gasteiger partial charge in [0, 0.05) is 42.9 Å². The Kier molecular flexibility index (Phi) is 5.07. The molecule has 2 aliphatic heterocycles. The highest BCUT2D eigenvalue weighted by molar-refractivity contribution is 7.80. The van der Waals surface area contributed by atoms with Crippen LogP contribution in [0.2, 0.25) is 0 Å². The van der Waals surface area contributed by atoms with Crippen molar-refractivity contribution in [3.8, 4) is 0 Å². The number of hydrogen-bond donors (Lipinski definition) is 1. The van der Waals surface area contributed by atoms with Crippen molar-refractivity contribution in [2.75, 3.05) is 13.1 Å². The lowest BCUT2D eigenvalue weighted by molar-refractivity contribution is 0.0968. The van der Waals surface area contributed by atoms with Crippen molar-refractivity contribution in [3.05, 3.63) is 69.6 Å².